The highest BCUT2D eigenvalue weighted by atomic mass is 16.5. The number of aromatic hydroxyl groups is 1. The topological polar surface area (TPSA) is 41.9 Å². The molecule has 0 radical (unpaired) electrons. The number of ether oxygens (including phenoxy) is 2. The van der Waals surface area contributed by atoms with Gasteiger partial charge in [-0.05, 0) is 43.5 Å². The van der Waals surface area contributed by atoms with Crippen LogP contribution in [0.2, 0.25) is 0 Å². The predicted molar refractivity (Wildman–Crippen MR) is 79.2 cm³/mol. The Kier molecular flexibility index (Phi) is 5.68. The second kappa shape index (κ2) is 7.50. The molecule has 0 bridgehead atoms. The summed E-state index contributed by atoms with van der Waals surface area (Å²) in [6.07, 6.45) is 3.76. The summed E-state index contributed by atoms with van der Waals surface area (Å²) >= 11 is 0. The van der Waals surface area contributed by atoms with Gasteiger partial charge in [-0.25, -0.2) is 0 Å². The van der Waals surface area contributed by atoms with Gasteiger partial charge >= 0.3 is 0 Å². The van der Waals surface area contributed by atoms with E-state index in [2.05, 4.69) is 11.8 Å². The van der Waals surface area contributed by atoms with Crippen LogP contribution in [0.1, 0.15) is 31.7 Å². The normalized spacial score (nSPS) is 20.0. The van der Waals surface area contributed by atoms with Gasteiger partial charge < -0.3 is 14.6 Å². The van der Waals surface area contributed by atoms with Gasteiger partial charge in [0.2, 0.25) is 0 Å². The van der Waals surface area contributed by atoms with Crippen LogP contribution in [0.3, 0.4) is 0 Å². The third kappa shape index (κ3) is 4.12. The maximum Gasteiger partial charge on any atom is 0.160 e. The van der Waals surface area contributed by atoms with Gasteiger partial charge in [0, 0.05) is 19.7 Å². The van der Waals surface area contributed by atoms with E-state index in [0.717, 1.165) is 44.6 Å². The van der Waals surface area contributed by atoms with Gasteiger partial charge in [-0.2, -0.15) is 0 Å². The molecule has 0 saturated carbocycles. The van der Waals surface area contributed by atoms with Crippen LogP contribution < -0.4 is 4.74 Å². The fourth-order valence-corrected chi connectivity index (χ4v) is 2.67. The van der Waals surface area contributed by atoms with Crippen LogP contribution in [0, 0.1) is 0 Å². The number of hydrogen-bond acceptors (Lipinski definition) is 4. The molecule has 0 aliphatic carbocycles. The smallest absolute Gasteiger partial charge is 0.160 e. The van der Waals surface area contributed by atoms with Crippen LogP contribution in [0.4, 0.5) is 0 Å². The maximum atomic E-state index is 9.82. The fourth-order valence-electron chi connectivity index (χ4n) is 2.67. The van der Waals surface area contributed by atoms with E-state index in [1.54, 1.807) is 13.2 Å². The summed E-state index contributed by atoms with van der Waals surface area (Å²) < 4.78 is 10.9. The van der Waals surface area contributed by atoms with Crippen molar-refractivity contribution in [2.45, 2.75) is 38.8 Å². The Morgan fingerprint density at radius 1 is 1.40 bits per heavy atom. The lowest BCUT2D eigenvalue weighted by Gasteiger charge is -2.32. The lowest BCUT2D eigenvalue weighted by molar-refractivity contribution is -0.00224. The molecule has 112 valence electrons. The zero-order valence-electron chi connectivity index (χ0n) is 12.5. The van der Waals surface area contributed by atoms with Crippen LogP contribution in [0.5, 0.6) is 11.5 Å². The number of likely N-dealkylation sites (tertiary alicyclic amines) is 1. The first kappa shape index (κ1) is 15.1. The second-order valence-corrected chi connectivity index (χ2v) is 5.38. The molecule has 0 spiro atoms. The molecule has 0 amide bonds. The van der Waals surface area contributed by atoms with Gasteiger partial charge in [-0.1, -0.05) is 13.0 Å². The summed E-state index contributed by atoms with van der Waals surface area (Å²) in [6.45, 7) is 5.91. The molecule has 1 fully saturated rings. The molecule has 1 aliphatic heterocycles. The van der Waals surface area contributed by atoms with E-state index >= 15 is 0 Å². The van der Waals surface area contributed by atoms with Gasteiger partial charge in [0.05, 0.1) is 13.2 Å². The maximum absolute atomic E-state index is 9.82. The van der Waals surface area contributed by atoms with Crippen LogP contribution >= 0.6 is 0 Å². The number of rotatable bonds is 6. The summed E-state index contributed by atoms with van der Waals surface area (Å²) in [6, 6.07) is 5.62. The highest BCUT2D eigenvalue weighted by Gasteiger charge is 2.20. The molecule has 1 aromatic rings. The number of phenols is 1. The van der Waals surface area contributed by atoms with Gasteiger partial charge in [0.1, 0.15) is 0 Å². The van der Waals surface area contributed by atoms with Crippen molar-refractivity contribution in [2.24, 2.45) is 0 Å². The molecule has 0 aromatic heterocycles. The largest absolute Gasteiger partial charge is 0.504 e. The van der Waals surface area contributed by atoms with Gasteiger partial charge in [-0.15, -0.1) is 0 Å². The van der Waals surface area contributed by atoms with E-state index in [9.17, 15) is 5.11 Å². The molecule has 1 heterocycles. The molecule has 1 aliphatic rings. The van der Waals surface area contributed by atoms with Crippen molar-refractivity contribution in [1.29, 1.82) is 0 Å². The van der Waals surface area contributed by atoms with Crippen molar-refractivity contribution in [1.82, 2.24) is 4.90 Å². The molecule has 20 heavy (non-hydrogen) atoms. The molecular formula is C16H25NO3. The summed E-state index contributed by atoms with van der Waals surface area (Å²) in [5.74, 6) is 0.734. The predicted octanol–water partition coefficient (Wildman–Crippen LogP) is 2.79. The van der Waals surface area contributed by atoms with Crippen molar-refractivity contribution < 1.29 is 14.6 Å². The van der Waals surface area contributed by atoms with Crippen LogP contribution in [0.15, 0.2) is 18.2 Å². The van der Waals surface area contributed by atoms with Crippen molar-refractivity contribution in [3.63, 3.8) is 0 Å². The number of nitrogens with zero attached hydrogens (tertiary/aromatic N) is 1. The van der Waals surface area contributed by atoms with Crippen molar-refractivity contribution in [3.05, 3.63) is 23.8 Å². The fraction of sp³-hybridized carbons (Fsp3) is 0.625. The Balaban J connectivity index is 1.90. The minimum absolute atomic E-state index is 0.209. The Bertz CT molecular complexity index is 422. The summed E-state index contributed by atoms with van der Waals surface area (Å²) in [7, 11) is 1.56. The monoisotopic (exact) mass is 279 g/mol. The Hall–Kier alpha value is -1.26. The van der Waals surface area contributed by atoms with Crippen molar-refractivity contribution in [2.75, 3.05) is 26.8 Å². The van der Waals surface area contributed by atoms with E-state index < -0.39 is 0 Å². The summed E-state index contributed by atoms with van der Waals surface area (Å²) in [5.41, 5.74) is 1.11. The highest BCUT2D eigenvalue weighted by Crippen LogP contribution is 2.27. The SMILES string of the molecule is CCCOC1CCCN(Cc2ccc(OC)c(O)c2)C1. The number of methoxy groups -OCH3 is 1. The number of hydrogen-bond donors (Lipinski definition) is 1. The first-order valence-electron chi connectivity index (χ1n) is 7.42. The van der Waals surface area contributed by atoms with E-state index in [1.807, 2.05) is 12.1 Å². The van der Waals surface area contributed by atoms with E-state index in [0.29, 0.717) is 11.9 Å². The molecule has 4 nitrogen and oxygen atoms in total. The molecule has 1 atom stereocenters. The third-order valence-electron chi connectivity index (χ3n) is 3.67. The Morgan fingerprint density at radius 3 is 2.95 bits per heavy atom. The van der Waals surface area contributed by atoms with Gasteiger partial charge in [0.15, 0.2) is 11.5 Å². The summed E-state index contributed by atoms with van der Waals surface area (Å²) in [4.78, 5) is 2.39. The quantitative estimate of drug-likeness (QED) is 0.869. The van der Waals surface area contributed by atoms with E-state index in [-0.39, 0.29) is 5.75 Å². The molecule has 4 heteroatoms. The molecule has 1 unspecified atom stereocenters. The zero-order valence-corrected chi connectivity index (χ0v) is 12.5. The van der Waals surface area contributed by atoms with Crippen LogP contribution in [-0.2, 0) is 11.3 Å². The summed E-state index contributed by atoms with van der Waals surface area (Å²) in [5, 5.41) is 9.82. The minimum Gasteiger partial charge on any atom is -0.504 e. The lowest BCUT2D eigenvalue weighted by Crippen LogP contribution is -2.39. The average Bonchev–Trinajstić information content (AvgIpc) is 2.46. The van der Waals surface area contributed by atoms with Gasteiger partial charge in [-0.3, -0.25) is 4.90 Å². The number of benzene rings is 1. The second-order valence-electron chi connectivity index (χ2n) is 5.38. The third-order valence-corrected chi connectivity index (χ3v) is 3.67. The highest BCUT2D eigenvalue weighted by molar-refractivity contribution is 5.41. The first-order valence-corrected chi connectivity index (χ1v) is 7.42. The van der Waals surface area contributed by atoms with Crippen molar-refractivity contribution >= 4 is 0 Å². The standard InChI is InChI=1S/C16H25NO3/c1-3-9-20-14-5-4-8-17(12-14)11-13-6-7-16(19-2)15(18)10-13/h6-7,10,14,18H,3-5,8-9,11-12H2,1-2H3. The minimum atomic E-state index is 0.209. The Labute approximate surface area is 121 Å². The Morgan fingerprint density at radius 2 is 2.25 bits per heavy atom. The molecule has 2 rings (SSSR count). The molecular weight excluding hydrogens is 254 g/mol. The molecule has 1 aromatic carbocycles. The van der Waals surface area contributed by atoms with Gasteiger partial charge in [0.25, 0.3) is 0 Å². The number of phenolic OH excluding ortho intramolecular Hbond substituents is 1. The average molecular weight is 279 g/mol. The van der Waals surface area contributed by atoms with Crippen LogP contribution in [-0.4, -0.2) is 42.9 Å². The van der Waals surface area contributed by atoms with Crippen molar-refractivity contribution in [3.8, 4) is 11.5 Å². The van der Waals surface area contributed by atoms with E-state index in [1.165, 1.54) is 6.42 Å². The first-order chi connectivity index (χ1) is 9.72. The van der Waals surface area contributed by atoms with Crippen LogP contribution in [0.25, 0.3) is 0 Å². The van der Waals surface area contributed by atoms with E-state index in [4.69, 9.17) is 9.47 Å². The molecule has 1 saturated heterocycles. The number of piperidine rings is 1. The molecule has 1 N–H and O–H groups in total. The lowest BCUT2D eigenvalue weighted by atomic mass is 10.1. The zero-order chi connectivity index (χ0) is 14.4.